The third-order valence-electron chi connectivity index (χ3n) is 8.85. The molecule has 0 saturated heterocycles. The van der Waals surface area contributed by atoms with Gasteiger partial charge in [0, 0.05) is 25.4 Å². The molecule has 8 nitrogen and oxygen atoms in total. The summed E-state index contributed by atoms with van der Waals surface area (Å²) < 4.78 is 33.8. The second kappa shape index (κ2) is 11.6. The first-order chi connectivity index (χ1) is 21.0. The summed E-state index contributed by atoms with van der Waals surface area (Å²) in [6.45, 7) is 6.21. The molecule has 0 spiro atoms. The number of sulfonamides is 1. The second-order valence-corrected chi connectivity index (χ2v) is 13.5. The molecule has 0 fully saturated rings. The number of alkyl carbamates (subject to hydrolysis) is 1. The molecule has 0 radical (unpaired) electrons. The van der Waals surface area contributed by atoms with Crippen LogP contribution in [0.4, 0.5) is 4.79 Å². The van der Waals surface area contributed by atoms with Crippen LogP contribution in [0.5, 0.6) is 0 Å². The zero-order valence-corrected chi connectivity index (χ0v) is 25.6. The predicted octanol–water partition coefficient (Wildman–Crippen LogP) is 5.85. The van der Waals surface area contributed by atoms with Crippen molar-refractivity contribution in [2.45, 2.75) is 57.1 Å². The number of hydrogen-bond acceptors (Lipinski definition) is 5. The Balaban J connectivity index is 1.16. The minimum atomic E-state index is -3.71. The number of carbonyl (C=O) groups excluding carboxylic acids is 1. The standard InChI is InChI=1S/C35H34N2O6S/c1-21-12-14-25(15-13-21)44(41,42)37-18-30-22(2)16-24(23(3)31(30)19-37)17-33(34(38)39)36-35(40)43-20-32-28-10-6-4-8-26(28)27-9-5-7-11-29(27)32/h4-16,32-33H,17-20H2,1-3H3,(H,36,40)(H,38,39)/t33-/m0/s1. The van der Waals surface area contributed by atoms with Gasteiger partial charge in [0.05, 0.1) is 4.90 Å². The largest absolute Gasteiger partial charge is 0.480 e. The molecule has 4 aromatic rings. The minimum Gasteiger partial charge on any atom is -0.480 e. The van der Waals surface area contributed by atoms with Gasteiger partial charge in [-0.1, -0.05) is 72.3 Å². The van der Waals surface area contributed by atoms with Crippen LogP contribution in [0.2, 0.25) is 0 Å². The van der Waals surface area contributed by atoms with Crippen LogP contribution in [0.15, 0.2) is 83.8 Å². The molecular formula is C35H34N2O6S. The number of nitrogens with zero attached hydrogens (tertiary/aromatic N) is 1. The lowest BCUT2D eigenvalue weighted by Crippen LogP contribution is -2.43. The van der Waals surface area contributed by atoms with Gasteiger partial charge in [0.15, 0.2) is 0 Å². The molecule has 4 aromatic carbocycles. The average molecular weight is 611 g/mol. The smallest absolute Gasteiger partial charge is 0.407 e. The highest BCUT2D eigenvalue weighted by Gasteiger charge is 2.34. The number of hydrogen-bond donors (Lipinski definition) is 2. The van der Waals surface area contributed by atoms with E-state index in [0.717, 1.165) is 55.6 Å². The summed E-state index contributed by atoms with van der Waals surface area (Å²) in [5.74, 6) is -1.32. The number of aliphatic carboxylic acids is 1. The molecule has 226 valence electrons. The highest BCUT2D eigenvalue weighted by molar-refractivity contribution is 7.89. The number of carbonyl (C=O) groups is 2. The quantitative estimate of drug-likeness (QED) is 0.259. The normalized spacial score (nSPS) is 14.9. The summed E-state index contributed by atoms with van der Waals surface area (Å²) >= 11 is 0. The van der Waals surface area contributed by atoms with Crippen molar-refractivity contribution in [2.75, 3.05) is 6.61 Å². The van der Waals surface area contributed by atoms with Crippen molar-refractivity contribution in [3.8, 4) is 11.1 Å². The van der Waals surface area contributed by atoms with E-state index in [2.05, 4.69) is 5.32 Å². The third kappa shape index (κ3) is 5.37. The van der Waals surface area contributed by atoms with E-state index in [0.29, 0.717) is 0 Å². The molecule has 6 rings (SSSR count). The lowest BCUT2D eigenvalue weighted by atomic mass is 9.91. The molecule has 1 aliphatic heterocycles. The van der Waals surface area contributed by atoms with Crippen LogP contribution in [0.3, 0.4) is 0 Å². The van der Waals surface area contributed by atoms with E-state index >= 15 is 0 Å². The summed E-state index contributed by atoms with van der Waals surface area (Å²) in [6, 6.07) is 23.5. The Morgan fingerprint density at radius 3 is 2.11 bits per heavy atom. The number of rotatable bonds is 8. The van der Waals surface area contributed by atoms with Crippen molar-refractivity contribution < 1.29 is 27.9 Å². The Hall–Kier alpha value is -4.47. The van der Waals surface area contributed by atoms with Gasteiger partial charge in [-0.2, -0.15) is 4.31 Å². The number of ether oxygens (including phenoxy) is 1. The van der Waals surface area contributed by atoms with Gasteiger partial charge in [-0.15, -0.1) is 0 Å². The third-order valence-corrected chi connectivity index (χ3v) is 10.7. The number of carboxylic acids is 1. The van der Waals surface area contributed by atoms with Crippen molar-refractivity contribution in [2.24, 2.45) is 0 Å². The Bertz CT molecular complexity index is 1840. The molecule has 0 aromatic heterocycles. The first-order valence-electron chi connectivity index (χ1n) is 14.6. The zero-order valence-electron chi connectivity index (χ0n) is 24.8. The fraction of sp³-hybridized carbons (Fsp3) is 0.257. The van der Waals surface area contributed by atoms with Crippen molar-refractivity contribution in [3.05, 3.63) is 123 Å². The molecule has 1 aliphatic carbocycles. The van der Waals surface area contributed by atoms with Gasteiger partial charge in [0.2, 0.25) is 10.0 Å². The summed E-state index contributed by atoms with van der Waals surface area (Å²) in [7, 11) is -3.71. The van der Waals surface area contributed by atoms with Crippen LogP contribution in [0.25, 0.3) is 11.1 Å². The van der Waals surface area contributed by atoms with Crippen molar-refractivity contribution >= 4 is 22.1 Å². The number of carboxylic acid groups (broad SMARTS) is 1. The van der Waals surface area contributed by atoms with Gasteiger partial charge in [-0.05, 0) is 83.0 Å². The van der Waals surface area contributed by atoms with Crippen LogP contribution in [-0.2, 0) is 39.1 Å². The van der Waals surface area contributed by atoms with E-state index in [1.165, 1.54) is 4.31 Å². The van der Waals surface area contributed by atoms with Crippen LogP contribution in [0, 0.1) is 20.8 Å². The fourth-order valence-corrected chi connectivity index (χ4v) is 7.78. The Morgan fingerprint density at radius 2 is 1.50 bits per heavy atom. The SMILES string of the molecule is Cc1ccc(S(=O)(=O)N2Cc3c(C)cc(C[C@H](NC(=O)OCC4c5ccccc5-c5ccccc54)C(=O)O)c(C)c3C2)cc1. The number of amides is 1. The van der Waals surface area contributed by atoms with E-state index in [1.807, 2.05) is 75.4 Å². The second-order valence-electron chi connectivity index (χ2n) is 11.6. The average Bonchev–Trinajstić information content (AvgIpc) is 3.60. The topological polar surface area (TPSA) is 113 Å². The highest BCUT2D eigenvalue weighted by Crippen LogP contribution is 2.44. The summed E-state index contributed by atoms with van der Waals surface area (Å²) in [5, 5.41) is 12.6. The maximum Gasteiger partial charge on any atom is 0.407 e. The molecule has 1 amide bonds. The van der Waals surface area contributed by atoms with E-state index in [1.54, 1.807) is 24.3 Å². The predicted molar refractivity (Wildman–Crippen MR) is 167 cm³/mol. The van der Waals surface area contributed by atoms with Crippen molar-refractivity contribution in [1.82, 2.24) is 9.62 Å². The minimum absolute atomic E-state index is 0.0319. The van der Waals surface area contributed by atoms with Gasteiger partial charge >= 0.3 is 12.1 Å². The Morgan fingerprint density at radius 1 is 0.909 bits per heavy atom. The van der Waals surface area contributed by atoms with E-state index in [9.17, 15) is 23.1 Å². The van der Waals surface area contributed by atoms with E-state index in [4.69, 9.17) is 4.74 Å². The molecule has 9 heteroatoms. The molecule has 0 bridgehead atoms. The lowest BCUT2D eigenvalue weighted by molar-refractivity contribution is -0.139. The highest BCUT2D eigenvalue weighted by atomic mass is 32.2. The van der Waals surface area contributed by atoms with Crippen molar-refractivity contribution in [1.29, 1.82) is 0 Å². The molecule has 2 aliphatic rings. The first-order valence-corrected chi connectivity index (χ1v) is 16.0. The number of aryl methyl sites for hydroxylation is 2. The van der Waals surface area contributed by atoms with Crippen LogP contribution < -0.4 is 5.32 Å². The maximum atomic E-state index is 13.4. The van der Waals surface area contributed by atoms with Crippen molar-refractivity contribution in [3.63, 3.8) is 0 Å². The van der Waals surface area contributed by atoms with Gasteiger partial charge in [0.1, 0.15) is 12.6 Å². The number of nitrogens with one attached hydrogen (secondary N) is 1. The van der Waals surface area contributed by atoms with E-state index < -0.39 is 28.1 Å². The number of benzene rings is 4. The summed E-state index contributed by atoms with van der Waals surface area (Å²) in [6.07, 6.45) is -0.769. The van der Waals surface area contributed by atoms with Gasteiger partial charge in [0.25, 0.3) is 0 Å². The van der Waals surface area contributed by atoms with E-state index in [-0.39, 0.29) is 36.9 Å². The fourth-order valence-electron chi connectivity index (χ4n) is 6.40. The monoisotopic (exact) mass is 610 g/mol. The molecule has 44 heavy (non-hydrogen) atoms. The molecular weight excluding hydrogens is 576 g/mol. The molecule has 0 unspecified atom stereocenters. The Labute approximate surface area is 257 Å². The van der Waals surface area contributed by atoms with Crippen LogP contribution in [-0.4, -0.2) is 42.5 Å². The number of fused-ring (bicyclic) bond motifs is 4. The van der Waals surface area contributed by atoms with Gasteiger partial charge in [-0.3, -0.25) is 0 Å². The lowest BCUT2D eigenvalue weighted by Gasteiger charge is -2.19. The van der Waals surface area contributed by atoms with Crippen LogP contribution in [0.1, 0.15) is 50.4 Å². The van der Waals surface area contributed by atoms with Crippen LogP contribution >= 0.6 is 0 Å². The summed E-state index contributed by atoms with van der Waals surface area (Å²) in [4.78, 5) is 25.4. The first kappa shape index (κ1) is 29.6. The summed E-state index contributed by atoms with van der Waals surface area (Å²) in [5.41, 5.74) is 9.57. The maximum absolute atomic E-state index is 13.4. The molecule has 1 atom stereocenters. The molecule has 1 heterocycles. The van der Waals surface area contributed by atoms with Gasteiger partial charge < -0.3 is 15.2 Å². The van der Waals surface area contributed by atoms with Gasteiger partial charge in [-0.25, -0.2) is 18.0 Å². The Kier molecular flexibility index (Phi) is 7.77. The molecule has 2 N–H and O–H groups in total. The molecule has 0 saturated carbocycles. The zero-order chi connectivity index (χ0) is 31.2.